The molecule has 1 unspecified atom stereocenters. The Balaban J connectivity index is 0.000000646. The topological polar surface area (TPSA) is 112 Å². The summed E-state index contributed by atoms with van der Waals surface area (Å²) in [6.07, 6.45) is -2.18. The number of carbonyl (C=O) groups excluding carboxylic acids is 1. The fourth-order valence-electron chi connectivity index (χ4n) is 1.60. The molecule has 0 radical (unpaired) electrons. The van der Waals surface area contributed by atoms with E-state index in [9.17, 15) is 18.0 Å². The predicted octanol–water partition coefficient (Wildman–Crippen LogP) is 3.25. The zero-order chi connectivity index (χ0) is 20.4. The number of hydrogen-bond donors (Lipinski definition) is 3. The van der Waals surface area contributed by atoms with Gasteiger partial charge in [0.2, 0.25) is 5.82 Å². The van der Waals surface area contributed by atoms with Crippen LogP contribution < -0.4 is 5.32 Å². The first kappa shape index (κ1) is 22.3. The van der Waals surface area contributed by atoms with Gasteiger partial charge in [-0.15, -0.1) is 0 Å². The van der Waals surface area contributed by atoms with Crippen LogP contribution in [0, 0.1) is 5.41 Å². The van der Waals surface area contributed by atoms with Gasteiger partial charge in [0, 0.05) is 22.9 Å². The molecule has 1 atom stereocenters. The van der Waals surface area contributed by atoms with Gasteiger partial charge in [-0.25, -0.2) is 0 Å². The minimum Gasteiger partial charge on any atom is -0.392 e. The number of halogens is 4. The molecule has 146 valence electrons. The number of alkyl halides is 3. The van der Waals surface area contributed by atoms with Crippen molar-refractivity contribution in [2.45, 2.75) is 19.1 Å². The van der Waals surface area contributed by atoms with Gasteiger partial charge in [-0.1, -0.05) is 28.9 Å². The summed E-state index contributed by atoms with van der Waals surface area (Å²) in [6, 6.07) is 5.25. The van der Waals surface area contributed by atoms with Gasteiger partial charge in [-0.3, -0.25) is 4.79 Å². The molecule has 1 amide bonds. The molecule has 0 aliphatic heterocycles. The number of benzene rings is 1. The summed E-state index contributed by atoms with van der Waals surface area (Å²) in [4.78, 5) is 15.0. The number of aliphatic hydroxyl groups excluding tert-OH is 1. The van der Waals surface area contributed by atoms with Gasteiger partial charge in [0.15, 0.2) is 0 Å². The summed E-state index contributed by atoms with van der Waals surface area (Å²) in [6.45, 7) is 1.67. The lowest BCUT2D eigenvalue weighted by molar-refractivity contribution is -0.159. The molecule has 0 saturated carbocycles. The number of aromatic nitrogens is 2. The van der Waals surface area contributed by atoms with Crippen molar-refractivity contribution in [3.8, 4) is 11.4 Å². The molecule has 3 N–H and O–H groups in total. The number of carbonyl (C=O) groups is 1. The van der Waals surface area contributed by atoms with Gasteiger partial charge >= 0.3 is 12.1 Å². The first-order valence-corrected chi connectivity index (χ1v) is 7.85. The van der Waals surface area contributed by atoms with Crippen LogP contribution in [0.1, 0.15) is 23.2 Å². The van der Waals surface area contributed by atoms with Crippen molar-refractivity contribution in [1.82, 2.24) is 15.5 Å². The second-order valence-electron chi connectivity index (χ2n) is 4.97. The Hall–Kier alpha value is -2.72. The molecular formula is C16H16ClF3N4O3. The Morgan fingerprint density at radius 1 is 1.41 bits per heavy atom. The zero-order valence-corrected chi connectivity index (χ0v) is 14.8. The third-order valence-corrected chi connectivity index (χ3v) is 3.06. The fraction of sp³-hybridized carbons (Fsp3) is 0.250. The van der Waals surface area contributed by atoms with Crippen LogP contribution in [0.4, 0.5) is 13.2 Å². The summed E-state index contributed by atoms with van der Waals surface area (Å²) >= 11 is 4.96. The molecule has 0 saturated heterocycles. The molecular weight excluding hydrogens is 389 g/mol. The number of hydrogen-bond acceptors (Lipinski definition) is 6. The monoisotopic (exact) mass is 404 g/mol. The average Bonchev–Trinajstić information content (AvgIpc) is 3.13. The van der Waals surface area contributed by atoms with Crippen molar-refractivity contribution >= 4 is 23.7 Å². The summed E-state index contributed by atoms with van der Waals surface area (Å²) in [5.41, 5.74) is 1.87. The van der Waals surface area contributed by atoms with Crippen molar-refractivity contribution < 1.29 is 27.6 Å². The summed E-state index contributed by atoms with van der Waals surface area (Å²) in [7, 11) is 0. The van der Waals surface area contributed by atoms with Crippen molar-refractivity contribution in [2.75, 3.05) is 6.61 Å². The first-order chi connectivity index (χ1) is 12.7. The molecule has 2 rings (SSSR count). The molecule has 1 aromatic heterocycles. The van der Waals surface area contributed by atoms with Gasteiger partial charge in [-0.05, 0) is 25.1 Å². The van der Waals surface area contributed by atoms with Crippen LogP contribution in [0.2, 0.25) is 0 Å². The highest BCUT2D eigenvalue weighted by Gasteiger charge is 2.38. The maximum absolute atomic E-state index is 12.4. The van der Waals surface area contributed by atoms with E-state index in [0.717, 1.165) is 6.21 Å². The molecule has 0 bridgehead atoms. The van der Waals surface area contributed by atoms with Crippen molar-refractivity contribution in [2.24, 2.45) is 0 Å². The Morgan fingerprint density at radius 3 is 2.44 bits per heavy atom. The van der Waals surface area contributed by atoms with Gasteiger partial charge in [0.1, 0.15) is 0 Å². The summed E-state index contributed by atoms with van der Waals surface area (Å²) in [5.74, 6) is -2.04. The largest absolute Gasteiger partial charge is 0.471 e. The zero-order valence-electron chi connectivity index (χ0n) is 14.0. The molecule has 7 nitrogen and oxygen atoms in total. The summed E-state index contributed by atoms with van der Waals surface area (Å²) in [5, 5.41) is 20.7. The summed E-state index contributed by atoms with van der Waals surface area (Å²) < 4.78 is 41.3. The van der Waals surface area contributed by atoms with Gasteiger partial charge in [0.05, 0.1) is 12.6 Å². The van der Waals surface area contributed by atoms with Crippen LogP contribution in [0.15, 0.2) is 40.4 Å². The van der Waals surface area contributed by atoms with E-state index in [-0.39, 0.29) is 18.0 Å². The minimum atomic E-state index is -4.70. The smallest absolute Gasteiger partial charge is 0.392 e. The standard InChI is InChI=1S/C13H11F3N4O2.C3H5ClO/c1-7(6-17)18-11(21)9-4-2-8(3-5-9)10-19-12(22-20-10)13(14,15)16;4-2-1-3-5/h2-7,17H,1H3,(H,18,21);1-2,5H,3H2. The van der Waals surface area contributed by atoms with Crippen molar-refractivity contribution in [1.29, 1.82) is 5.41 Å². The first-order valence-electron chi connectivity index (χ1n) is 7.41. The third-order valence-electron chi connectivity index (χ3n) is 2.88. The van der Waals surface area contributed by atoms with Crippen LogP contribution in [0.25, 0.3) is 11.4 Å². The Morgan fingerprint density at radius 2 is 2.04 bits per heavy atom. The SMILES string of the molecule is CC(C=N)NC(=O)c1ccc(-c2noc(C(F)(F)F)n2)cc1.OCC=CCl. The van der Waals surface area contributed by atoms with E-state index in [1.807, 2.05) is 0 Å². The molecule has 0 aliphatic rings. The second kappa shape index (κ2) is 10.4. The molecule has 1 heterocycles. The van der Waals surface area contributed by atoms with Crippen molar-refractivity contribution in [3.63, 3.8) is 0 Å². The lowest BCUT2D eigenvalue weighted by atomic mass is 10.1. The fourth-order valence-corrected chi connectivity index (χ4v) is 1.68. The lowest BCUT2D eigenvalue weighted by Gasteiger charge is -2.08. The molecule has 0 aliphatic carbocycles. The van der Waals surface area contributed by atoms with E-state index < -0.39 is 24.0 Å². The van der Waals surface area contributed by atoms with Crippen LogP contribution in [0.3, 0.4) is 0 Å². The normalized spacial score (nSPS) is 12.2. The maximum Gasteiger partial charge on any atom is 0.471 e. The number of amides is 1. The van der Waals surface area contributed by atoms with Gasteiger partial charge in [0.25, 0.3) is 5.91 Å². The van der Waals surface area contributed by atoms with Crippen molar-refractivity contribution in [3.05, 3.63) is 47.3 Å². The van der Waals surface area contributed by atoms with Gasteiger partial charge < -0.3 is 20.4 Å². The Bertz CT molecular complexity index is 776. The van der Waals surface area contributed by atoms with E-state index in [4.69, 9.17) is 22.1 Å². The maximum atomic E-state index is 12.4. The van der Waals surface area contributed by atoms with E-state index >= 15 is 0 Å². The number of aliphatic hydroxyl groups is 1. The van der Waals surface area contributed by atoms with Crippen LogP contribution in [-0.2, 0) is 6.18 Å². The Kier molecular flexibility index (Phi) is 8.63. The highest BCUT2D eigenvalue weighted by molar-refractivity contribution is 6.25. The quantitative estimate of drug-likeness (QED) is 0.662. The molecule has 0 fully saturated rings. The molecule has 1 aromatic carbocycles. The predicted molar refractivity (Wildman–Crippen MR) is 92.5 cm³/mol. The molecule has 2 aromatic rings. The van der Waals surface area contributed by atoms with Crippen LogP contribution in [-0.4, -0.2) is 40.0 Å². The van der Waals surface area contributed by atoms with Crippen LogP contribution in [0.5, 0.6) is 0 Å². The highest BCUT2D eigenvalue weighted by Crippen LogP contribution is 2.29. The Labute approximate surface area is 157 Å². The number of rotatable bonds is 5. The second-order valence-corrected chi connectivity index (χ2v) is 5.22. The van der Waals surface area contributed by atoms with E-state index in [1.54, 1.807) is 6.92 Å². The minimum absolute atomic E-state index is 0.0312. The molecule has 0 spiro atoms. The average molecular weight is 405 g/mol. The van der Waals surface area contributed by atoms with Crippen LogP contribution >= 0.6 is 11.6 Å². The number of nitrogens with one attached hydrogen (secondary N) is 2. The molecule has 11 heteroatoms. The highest BCUT2D eigenvalue weighted by atomic mass is 35.5. The van der Waals surface area contributed by atoms with E-state index in [1.165, 1.54) is 35.9 Å². The molecule has 27 heavy (non-hydrogen) atoms. The number of nitrogens with zero attached hydrogens (tertiary/aromatic N) is 2. The van der Waals surface area contributed by atoms with E-state index in [2.05, 4.69) is 20.0 Å². The third kappa shape index (κ3) is 7.19. The van der Waals surface area contributed by atoms with Gasteiger partial charge in [-0.2, -0.15) is 18.2 Å². The lowest BCUT2D eigenvalue weighted by Crippen LogP contribution is -2.33. The van der Waals surface area contributed by atoms with E-state index in [0.29, 0.717) is 5.56 Å².